The summed E-state index contributed by atoms with van der Waals surface area (Å²) in [6, 6.07) is 12.2. The van der Waals surface area contributed by atoms with E-state index in [1.807, 2.05) is 13.8 Å². The largest absolute Gasteiger partial charge is 0.311 e. The highest BCUT2D eigenvalue weighted by atomic mass is 32.2. The maximum Gasteiger partial charge on any atom is 0.0375 e. The van der Waals surface area contributed by atoms with Crippen LogP contribution in [0.15, 0.2) is 30.3 Å². The van der Waals surface area contributed by atoms with Crippen molar-refractivity contribution in [3.05, 3.63) is 35.9 Å². The van der Waals surface area contributed by atoms with E-state index in [0.717, 1.165) is 18.1 Å². The molecule has 2 heterocycles. The molecule has 5 atom stereocenters. The molecule has 1 aromatic carbocycles. The van der Waals surface area contributed by atoms with Crippen LogP contribution >= 0.6 is 0 Å². The molecule has 3 heteroatoms. The lowest BCUT2D eigenvalue weighted by atomic mass is 9.79. The maximum atomic E-state index is 12.8. The van der Waals surface area contributed by atoms with Gasteiger partial charge in [-0.25, -0.2) is 0 Å². The van der Waals surface area contributed by atoms with E-state index < -0.39 is 10.8 Å². The number of hydrogen-bond acceptors (Lipinski definition) is 2. The smallest absolute Gasteiger partial charge is 0.0375 e. The monoisotopic (exact) mass is 363 g/mol. The molecule has 0 saturated carbocycles. The minimum atomic E-state index is -0.765. The van der Waals surface area contributed by atoms with Gasteiger partial charge >= 0.3 is 0 Å². The van der Waals surface area contributed by atoms with Crippen LogP contribution in [0.2, 0.25) is 0 Å². The molecule has 2 aliphatic rings. The number of piperidine rings is 1. The molecular weight excluding hydrogens is 326 g/mol. The molecule has 0 amide bonds. The molecule has 3 rings (SSSR count). The van der Waals surface area contributed by atoms with Gasteiger partial charge in [0.15, 0.2) is 0 Å². The molecule has 1 N–H and O–H groups in total. The Morgan fingerprint density at radius 1 is 1.08 bits per heavy atom. The molecular formula is C22H37NOS. The Balaban J connectivity index is 0.00000109. The van der Waals surface area contributed by atoms with E-state index >= 15 is 0 Å². The quantitative estimate of drug-likeness (QED) is 0.802. The number of nitrogens with one attached hydrogen (secondary N) is 1. The number of hydrogen-bond donors (Lipinski definition) is 1. The molecule has 2 fully saturated rings. The van der Waals surface area contributed by atoms with Crippen molar-refractivity contribution in [3.63, 3.8) is 0 Å². The second-order valence-electron chi connectivity index (χ2n) is 8.44. The molecule has 2 aliphatic heterocycles. The Morgan fingerprint density at radius 3 is 2.16 bits per heavy atom. The Labute approximate surface area is 157 Å². The Hall–Kier alpha value is -0.670. The van der Waals surface area contributed by atoms with Gasteiger partial charge in [0.05, 0.1) is 0 Å². The Bertz CT molecular complexity index is 525. The van der Waals surface area contributed by atoms with Gasteiger partial charge in [0.25, 0.3) is 0 Å². The summed E-state index contributed by atoms with van der Waals surface area (Å²) in [7, 11) is -0.765. The predicted octanol–water partition coefficient (Wildman–Crippen LogP) is 4.95. The second kappa shape index (κ2) is 9.32. The van der Waals surface area contributed by atoms with E-state index in [1.165, 1.54) is 31.2 Å². The summed E-state index contributed by atoms with van der Waals surface area (Å²) in [5.41, 5.74) is 1.40. The second-order valence-corrected chi connectivity index (χ2v) is 10.7. The van der Waals surface area contributed by atoms with Crippen LogP contribution in [0, 0.1) is 11.8 Å². The first-order valence-corrected chi connectivity index (χ1v) is 11.4. The first-order valence-electron chi connectivity index (χ1n) is 10.1. The summed E-state index contributed by atoms with van der Waals surface area (Å²) in [5.74, 6) is 2.12. The van der Waals surface area contributed by atoms with E-state index in [4.69, 9.17) is 0 Å². The summed E-state index contributed by atoms with van der Waals surface area (Å²) in [6.07, 6.45) is 6.29. The third kappa shape index (κ3) is 5.92. The average molecular weight is 364 g/mol. The van der Waals surface area contributed by atoms with Gasteiger partial charge < -0.3 is 5.32 Å². The molecule has 0 spiro atoms. The van der Waals surface area contributed by atoms with Crippen LogP contribution in [0.4, 0.5) is 0 Å². The van der Waals surface area contributed by atoms with Crippen molar-refractivity contribution in [2.75, 3.05) is 5.75 Å². The van der Waals surface area contributed by atoms with Crippen LogP contribution in [0.3, 0.4) is 0 Å². The Kier molecular flexibility index (Phi) is 7.69. The van der Waals surface area contributed by atoms with Crippen LogP contribution < -0.4 is 5.32 Å². The first kappa shape index (κ1) is 20.6. The van der Waals surface area contributed by atoms with Gasteiger partial charge in [0, 0.05) is 33.4 Å². The third-order valence-corrected chi connectivity index (χ3v) is 7.66. The summed E-state index contributed by atoms with van der Waals surface area (Å²) >= 11 is 0. The van der Waals surface area contributed by atoms with Crippen LogP contribution in [-0.4, -0.2) is 26.8 Å². The highest BCUT2D eigenvalue weighted by Gasteiger charge is 2.38. The molecule has 0 aromatic heterocycles. The van der Waals surface area contributed by atoms with E-state index in [1.54, 1.807) is 0 Å². The van der Waals surface area contributed by atoms with E-state index in [0.29, 0.717) is 18.0 Å². The molecule has 0 aliphatic carbocycles. The van der Waals surface area contributed by atoms with Gasteiger partial charge in [0.1, 0.15) is 0 Å². The zero-order chi connectivity index (χ0) is 18.4. The predicted molar refractivity (Wildman–Crippen MR) is 110 cm³/mol. The molecule has 2 bridgehead atoms. The minimum absolute atomic E-state index is 0.110. The highest BCUT2D eigenvalue weighted by molar-refractivity contribution is 7.86. The maximum absolute atomic E-state index is 12.8. The number of rotatable bonds is 5. The Morgan fingerprint density at radius 2 is 1.64 bits per heavy atom. The molecule has 25 heavy (non-hydrogen) atoms. The molecule has 142 valence electrons. The highest BCUT2D eigenvalue weighted by Crippen LogP contribution is 2.37. The lowest BCUT2D eigenvalue weighted by Crippen LogP contribution is -2.42. The van der Waals surface area contributed by atoms with Crippen molar-refractivity contribution in [3.8, 4) is 0 Å². The lowest BCUT2D eigenvalue weighted by Gasteiger charge is -2.36. The summed E-state index contributed by atoms with van der Waals surface area (Å²) in [5, 5.41) is 3.75. The van der Waals surface area contributed by atoms with Gasteiger partial charge in [0.2, 0.25) is 0 Å². The van der Waals surface area contributed by atoms with Crippen molar-refractivity contribution in [2.45, 2.75) is 83.6 Å². The minimum Gasteiger partial charge on any atom is -0.311 e. The number of benzene rings is 1. The normalized spacial score (nSPS) is 28.0. The van der Waals surface area contributed by atoms with Gasteiger partial charge in [-0.15, -0.1) is 0 Å². The fraction of sp³-hybridized carbons (Fsp3) is 0.727. The molecule has 2 saturated heterocycles. The van der Waals surface area contributed by atoms with Crippen LogP contribution in [0.5, 0.6) is 0 Å². The van der Waals surface area contributed by atoms with Crippen LogP contribution in [0.1, 0.15) is 65.9 Å². The van der Waals surface area contributed by atoms with Crippen molar-refractivity contribution in [2.24, 2.45) is 11.8 Å². The van der Waals surface area contributed by atoms with Gasteiger partial charge in [-0.05, 0) is 70.3 Å². The first-order chi connectivity index (χ1) is 11.9. The zero-order valence-electron chi connectivity index (χ0n) is 16.8. The molecule has 2 nitrogen and oxygen atoms in total. The summed E-state index contributed by atoms with van der Waals surface area (Å²) in [6.45, 7) is 10.3. The van der Waals surface area contributed by atoms with Gasteiger partial charge in [-0.1, -0.05) is 44.2 Å². The van der Waals surface area contributed by atoms with Gasteiger partial charge in [-0.2, -0.15) is 0 Å². The number of fused-ring (bicyclic) bond motifs is 2. The van der Waals surface area contributed by atoms with Crippen molar-refractivity contribution >= 4 is 10.8 Å². The molecule has 0 radical (unpaired) electrons. The lowest BCUT2D eigenvalue weighted by molar-refractivity contribution is 0.229. The third-order valence-electron chi connectivity index (χ3n) is 5.57. The fourth-order valence-electron chi connectivity index (χ4n) is 4.21. The van der Waals surface area contributed by atoms with Crippen LogP contribution in [-0.2, 0) is 17.2 Å². The SMILES string of the molecule is CC.CC(C)(C)[S@](=O)C[C@@H](Cc1ccccc1)C1C[C@H]2CC[C@@H](C1)N2. The fourth-order valence-corrected chi connectivity index (χ4v) is 5.49. The van der Waals surface area contributed by atoms with E-state index in [2.05, 4.69) is 56.4 Å². The molecule has 1 aromatic rings. The van der Waals surface area contributed by atoms with E-state index in [9.17, 15) is 4.21 Å². The van der Waals surface area contributed by atoms with Crippen molar-refractivity contribution < 1.29 is 4.21 Å². The summed E-state index contributed by atoms with van der Waals surface area (Å²) in [4.78, 5) is 0. The standard InChI is InChI=1S/C20H31NOS.C2H6/c1-20(2,3)23(22)14-17(11-15-7-5-4-6-8-15)16-12-18-9-10-19(13-16)21-18;1-2/h4-8,16-19,21H,9-14H2,1-3H3;1-2H3/t16?,17-,18-,19+,23-;/m1./s1. The molecule has 1 unspecified atom stereocenters. The summed E-state index contributed by atoms with van der Waals surface area (Å²) < 4.78 is 12.7. The van der Waals surface area contributed by atoms with Crippen molar-refractivity contribution in [1.82, 2.24) is 5.32 Å². The average Bonchev–Trinajstić information content (AvgIpc) is 2.94. The zero-order valence-corrected chi connectivity index (χ0v) is 17.6. The van der Waals surface area contributed by atoms with Crippen molar-refractivity contribution in [1.29, 1.82) is 0 Å². The van der Waals surface area contributed by atoms with E-state index in [-0.39, 0.29) is 4.75 Å². The van der Waals surface area contributed by atoms with Gasteiger partial charge in [-0.3, -0.25) is 4.21 Å². The van der Waals surface area contributed by atoms with Crippen LogP contribution in [0.25, 0.3) is 0 Å². The topological polar surface area (TPSA) is 29.1 Å².